The molecule has 0 bridgehead atoms. The summed E-state index contributed by atoms with van der Waals surface area (Å²) in [7, 11) is -2.61. The number of esters is 1. The molecule has 0 aliphatic carbocycles. The Bertz CT molecular complexity index is 1140. The molecule has 0 spiro atoms. The molecule has 0 N–H and O–H groups in total. The van der Waals surface area contributed by atoms with E-state index in [0.29, 0.717) is 43.7 Å². The lowest BCUT2D eigenvalue weighted by molar-refractivity contribution is 0.0483. The lowest BCUT2D eigenvalue weighted by Crippen LogP contribution is -2.39. The number of carbonyl (C=O) groups excluding carboxylic acids is 1. The summed E-state index contributed by atoms with van der Waals surface area (Å²) in [5.41, 5.74) is 3.03. The fraction of sp³-hybridized carbons (Fsp3) is 0.500. The number of carbonyl (C=O) groups is 1. The summed E-state index contributed by atoms with van der Waals surface area (Å²) in [6.45, 7) is 6.36. The normalized spacial score (nSPS) is 18.9. The Morgan fingerprint density at radius 1 is 1.15 bits per heavy atom. The Hall–Kier alpha value is -2.58. The Balaban J connectivity index is 1.66. The molecule has 34 heavy (non-hydrogen) atoms. The van der Waals surface area contributed by atoms with Crippen molar-refractivity contribution in [2.24, 2.45) is 11.8 Å². The molecule has 4 rings (SSSR count). The first-order valence-electron chi connectivity index (χ1n) is 11.9. The molecule has 2 aliphatic rings. The zero-order valence-corrected chi connectivity index (χ0v) is 20.9. The van der Waals surface area contributed by atoms with Crippen molar-refractivity contribution in [3.8, 4) is 5.75 Å². The number of benzene rings is 2. The molecule has 2 heterocycles. The molecule has 0 saturated carbocycles. The number of aryl methyl sites for hydroxylation is 1. The summed E-state index contributed by atoms with van der Waals surface area (Å²) in [6.07, 6.45) is 3.52. The van der Waals surface area contributed by atoms with Gasteiger partial charge in [-0.1, -0.05) is 26.0 Å². The molecule has 2 aromatic rings. The van der Waals surface area contributed by atoms with Crippen molar-refractivity contribution in [1.29, 1.82) is 0 Å². The molecule has 2 aliphatic heterocycles. The van der Waals surface area contributed by atoms with E-state index in [2.05, 4.69) is 19.9 Å². The first-order valence-corrected chi connectivity index (χ1v) is 13.3. The zero-order valence-electron chi connectivity index (χ0n) is 20.1. The highest BCUT2D eigenvalue weighted by molar-refractivity contribution is 7.92. The molecule has 1 fully saturated rings. The summed E-state index contributed by atoms with van der Waals surface area (Å²) in [5, 5.41) is 0. The highest BCUT2D eigenvalue weighted by Gasteiger charge is 2.33. The molecule has 2 aromatic carbocycles. The van der Waals surface area contributed by atoms with Crippen LogP contribution >= 0.6 is 0 Å². The number of anilines is 1. The predicted octanol–water partition coefficient (Wildman–Crippen LogP) is 4.23. The van der Waals surface area contributed by atoms with Gasteiger partial charge in [-0.2, -0.15) is 0 Å². The zero-order chi connectivity index (χ0) is 24.3. The van der Waals surface area contributed by atoms with Gasteiger partial charge in [-0.15, -0.1) is 0 Å². The minimum Gasteiger partial charge on any atom is -0.492 e. The van der Waals surface area contributed by atoms with Crippen LogP contribution in [0.2, 0.25) is 0 Å². The van der Waals surface area contributed by atoms with Crippen molar-refractivity contribution < 1.29 is 27.4 Å². The van der Waals surface area contributed by atoms with Crippen LogP contribution in [0.4, 0.5) is 5.69 Å². The number of hydrogen-bond donors (Lipinski definition) is 0. The molecule has 1 atom stereocenters. The van der Waals surface area contributed by atoms with Crippen LogP contribution in [-0.4, -0.2) is 47.9 Å². The average molecular weight is 488 g/mol. The van der Waals surface area contributed by atoms with Crippen LogP contribution in [0.15, 0.2) is 41.3 Å². The highest BCUT2D eigenvalue weighted by Crippen LogP contribution is 2.36. The van der Waals surface area contributed by atoms with E-state index < -0.39 is 16.0 Å². The summed E-state index contributed by atoms with van der Waals surface area (Å²) >= 11 is 0. The SMILES string of the molecule is CCc1ccc2c(c1)CC(C)CN2S(=O)(=O)c1ccc(OCC2CCOCC2)c(C(=O)OC)c1. The maximum Gasteiger partial charge on any atom is 0.341 e. The molecule has 0 amide bonds. The second-order valence-electron chi connectivity index (χ2n) is 9.18. The second-order valence-corrected chi connectivity index (χ2v) is 11.0. The maximum absolute atomic E-state index is 13.7. The third-order valence-electron chi connectivity index (χ3n) is 6.63. The molecule has 184 valence electrons. The second kappa shape index (κ2) is 10.4. The number of fused-ring (bicyclic) bond motifs is 1. The number of nitrogens with zero attached hydrogens (tertiary/aromatic N) is 1. The van der Waals surface area contributed by atoms with Crippen LogP contribution < -0.4 is 9.04 Å². The van der Waals surface area contributed by atoms with Crippen molar-refractivity contribution in [3.05, 3.63) is 53.1 Å². The number of sulfonamides is 1. The molecule has 1 unspecified atom stereocenters. The van der Waals surface area contributed by atoms with E-state index >= 15 is 0 Å². The Kier molecular flexibility index (Phi) is 7.48. The van der Waals surface area contributed by atoms with Gasteiger partial charge in [-0.25, -0.2) is 13.2 Å². The number of methoxy groups -OCH3 is 1. The summed E-state index contributed by atoms with van der Waals surface area (Å²) in [5.74, 6) is 0.217. The van der Waals surface area contributed by atoms with Crippen molar-refractivity contribution in [2.75, 3.05) is 37.8 Å². The summed E-state index contributed by atoms with van der Waals surface area (Å²) in [6, 6.07) is 10.4. The van der Waals surface area contributed by atoms with Gasteiger partial charge >= 0.3 is 5.97 Å². The Labute approximate surface area is 202 Å². The van der Waals surface area contributed by atoms with Gasteiger partial charge in [-0.05, 0) is 72.9 Å². The van der Waals surface area contributed by atoms with E-state index in [-0.39, 0.29) is 16.4 Å². The minimum absolute atomic E-state index is 0.0472. The number of ether oxygens (including phenoxy) is 3. The number of rotatable bonds is 7. The quantitative estimate of drug-likeness (QED) is 0.544. The van der Waals surface area contributed by atoms with E-state index in [1.807, 2.05) is 12.1 Å². The largest absolute Gasteiger partial charge is 0.492 e. The van der Waals surface area contributed by atoms with E-state index in [4.69, 9.17) is 14.2 Å². The standard InChI is InChI=1S/C26H33NO6S/c1-4-19-5-7-24-21(14-19)13-18(2)16-27(24)34(29,30)22-6-8-25(23(15-22)26(28)31-3)33-17-20-9-11-32-12-10-20/h5-8,14-15,18,20H,4,9-13,16-17H2,1-3H3. The van der Waals surface area contributed by atoms with Crippen molar-refractivity contribution >= 4 is 21.7 Å². The molecule has 0 radical (unpaired) electrons. The van der Waals surface area contributed by atoms with Crippen LogP contribution in [0.3, 0.4) is 0 Å². The molecule has 8 heteroatoms. The fourth-order valence-corrected chi connectivity index (χ4v) is 6.28. The van der Waals surface area contributed by atoms with Crippen LogP contribution in [0.1, 0.15) is 48.2 Å². The Morgan fingerprint density at radius 3 is 2.62 bits per heavy atom. The van der Waals surface area contributed by atoms with Crippen LogP contribution in [0.5, 0.6) is 5.75 Å². The first kappa shape index (κ1) is 24.5. The molecule has 0 aromatic heterocycles. The van der Waals surface area contributed by atoms with Crippen LogP contribution in [0.25, 0.3) is 0 Å². The molecular weight excluding hydrogens is 454 g/mol. The lowest BCUT2D eigenvalue weighted by Gasteiger charge is -2.34. The summed E-state index contributed by atoms with van der Waals surface area (Å²) < 4.78 is 45.2. The minimum atomic E-state index is -3.89. The third kappa shape index (κ3) is 5.08. The average Bonchev–Trinajstić information content (AvgIpc) is 2.86. The topological polar surface area (TPSA) is 82.1 Å². The van der Waals surface area contributed by atoms with E-state index in [1.54, 1.807) is 6.07 Å². The van der Waals surface area contributed by atoms with E-state index in [1.165, 1.54) is 29.1 Å². The first-order chi connectivity index (χ1) is 16.3. The van der Waals surface area contributed by atoms with Gasteiger partial charge in [0.15, 0.2) is 0 Å². The van der Waals surface area contributed by atoms with Gasteiger partial charge in [0.25, 0.3) is 10.0 Å². The van der Waals surface area contributed by atoms with Crippen molar-refractivity contribution in [2.45, 2.75) is 44.4 Å². The van der Waals surface area contributed by atoms with Gasteiger partial charge in [-0.3, -0.25) is 4.31 Å². The third-order valence-corrected chi connectivity index (χ3v) is 8.40. The van der Waals surface area contributed by atoms with Gasteiger partial charge in [0.05, 0.1) is 24.3 Å². The van der Waals surface area contributed by atoms with E-state index in [0.717, 1.165) is 31.2 Å². The van der Waals surface area contributed by atoms with Crippen molar-refractivity contribution in [3.63, 3.8) is 0 Å². The molecular formula is C26H33NO6S. The van der Waals surface area contributed by atoms with Gasteiger partial charge in [0.1, 0.15) is 11.3 Å². The van der Waals surface area contributed by atoms with E-state index in [9.17, 15) is 13.2 Å². The van der Waals surface area contributed by atoms with Gasteiger partial charge < -0.3 is 14.2 Å². The Morgan fingerprint density at radius 2 is 1.91 bits per heavy atom. The summed E-state index contributed by atoms with van der Waals surface area (Å²) in [4.78, 5) is 12.6. The fourth-order valence-electron chi connectivity index (χ4n) is 4.63. The molecule has 7 nitrogen and oxygen atoms in total. The van der Waals surface area contributed by atoms with Crippen molar-refractivity contribution in [1.82, 2.24) is 0 Å². The molecule has 1 saturated heterocycles. The van der Waals surface area contributed by atoms with Crippen LogP contribution in [0, 0.1) is 11.8 Å². The van der Waals surface area contributed by atoms with Gasteiger partial charge in [0.2, 0.25) is 0 Å². The van der Waals surface area contributed by atoms with Crippen LogP contribution in [-0.2, 0) is 32.3 Å². The maximum atomic E-state index is 13.7. The highest BCUT2D eigenvalue weighted by atomic mass is 32.2. The monoisotopic (exact) mass is 487 g/mol. The predicted molar refractivity (Wildman–Crippen MR) is 130 cm³/mol. The van der Waals surface area contributed by atoms with Gasteiger partial charge in [0, 0.05) is 19.8 Å². The smallest absolute Gasteiger partial charge is 0.341 e. The number of hydrogen-bond acceptors (Lipinski definition) is 6. The lowest BCUT2D eigenvalue weighted by atomic mass is 9.93.